The van der Waals surface area contributed by atoms with Gasteiger partial charge in [-0.3, -0.25) is 0 Å². The molecule has 19 heavy (non-hydrogen) atoms. The molecule has 0 fully saturated rings. The number of carbonyl (C=O) groups excluding carboxylic acids is 1. The molecule has 98 valence electrons. The number of benzene rings is 2. The molecule has 0 atom stereocenters. The zero-order chi connectivity index (χ0) is 13.8. The van der Waals surface area contributed by atoms with E-state index in [4.69, 9.17) is 22.1 Å². The van der Waals surface area contributed by atoms with Gasteiger partial charge < -0.3 is 10.5 Å². The van der Waals surface area contributed by atoms with Gasteiger partial charge in [-0.2, -0.15) is 0 Å². The third-order valence-electron chi connectivity index (χ3n) is 2.52. The van der Waals surface area contributed by atoms with E-state index in [0.29, 0.717) is 21.2 Å². The van der Waals surface area contributed by atoms with Crippen molar-refractivity contribution in [2.24, 2.45) is 0 Å². The lowest BCUT2D eigenvalue weighted by atomic mass is 10.2. The van der Waals surface area contributed by atoms with Crippen molar-refractivity contribution in [3.05, 3.63) is 53.1 Å². The van der Waals surface area contributed by atoms with Crippen molar-refractivity contribution < 1.29 is 9.53 Å². The minimum absolute atomic E-state index is 0.324. The van der Waals surface area contributed by atoms with E-state index in [9.17, 15) is 4.79 Å². The van der Waals surface area contributed by atoms with Gasteiger partial charge in [0, 0.05) is 4.90 Å². The van der Waals surface area contributed by atoms with Crippen molar-refractivity contribution in [2.45, 2.75) is 9.79 Å². The van der Waals surface area contributed by atoms with E-state index in [2.05, 4.69) is 0 Å². The van der Waals surface area contributed by atoms with E-state index >= 15 is 0 Å². The molecule has 0 aliphatic carbocycles. The van der Waals surface area contributed by atoms with Gasteiger partial charge in [-0.25, -0.2) is 4.79 Å². The summed E-state index contributed by atoms with van der Waals surface area (Å²) in [6, 6.07) is 12.9. The predicted molar refractivity (Wildman–Crippen MR) is 77.8 cm³/mol. The molecule has 0 unspecified atom stereocenters. The normalized spacial score (nSPS) is 10.2. The number of hydrogen-bond acceptors (Lipinski definition) is 4. The third kappa shape index (κ3) is 3.03. The summed E-state index contributed by atoms with van der Waals surface area (Å²) in [4.78, 5) is 13.3. The maximum absolute atomic E-state index is 11.6. The van der Waals surface area contributed by atoms with Crippen LogP contribution in [-0.2, 0) is 4.74 Å². The van der Waals surface area contributed by atoms with Crippen LogP contribution in [0.2, 0.25) is 5.02 Å². The molecule has 0 aliphatic rings. The molecule has 2 aromatic carbocycles. The van der Waals surface area contributed by atoms with Crippen molar-refractivity contribution >= 4 is 35.0 Å². The van der Waals surface area contributed by atoms with Crippen LogP contribution in [0.4, 0.5) is 5.69 Å². The van der Waals surface area contributed by atoms with Crippen molar-refractivity contribution in [3.8, 4) is 0 Å². The number of nitrogen functional groups attached to an aromatic ring is 1. The molecular formula is C14H12ClNO2S. The summed E-state index contributed by atoms with van der Waals surface area (Å²) >= 11 is 7.56. The van der Waals surface area contributed by atoms with E-state index in [1.54, 1.807) is 12.1 Å². The Bertz CT molecular complexity index is 602. The molecule has 0 heterocycles. The number of halogens is 1. The van der Waals surface area contributed by atoms with Gasteiger partial charge in [0.15, 0.2) is 0 Å². The Kier molecular flexibility index (Phi) is 4.35. The number of anilines is 1. The molecule has 0 amide bonds. The lowest BCUT2D eigenvalue weighted by Crippen LogP contribution is -2.06. The highest BCUT2D eigenvalue weighted by atomic mass is 35.5. The van der Waals surface area contributed by atoms with Crippen LogP contribution in [0.15, 0.2) is 52.3 Å². The van der Waals surface area contributed by atoms with Crippen LogP contribution >= 0.6 is 23.4 Å². The summed E-state index contributed by atoms with van der Waals surface area (Å²) < 4.78 is 4.69. The van der Waals surface area contributed by atoms with Crippen molar-refractivity contribution in [3.63, 3.8) is 0 Å². The van der Waals surface area contributed by atoms with Crippen LogP contribution in [0.1, 0.15) is 10.4 Å². The molecular weight excluding hydrogens is 282 g/mol. The summed E-state index contributed by atoms with van der Waals surface area (Å²) in [5.74, 6) is -0.468. The first-order valence-corrected chi connectivity index (χ1v) is 6.72. The number of nitrogens with two attached hydrogens (primary N) is 1. The van der Waals surface area contributed by atoms with Crippen molar-refractivity contribution in [1.29, 1.82) is 0 Å². The molecule has 0 radical (unpaired) electrons. The highest BCUT2D eigenvalue weighted by Crippen LogP contribution is 2.39. The first-order chi connectivity index (χ1) is 9.13. The van der Waals surface area contributed by atoms with Gasteiger partial charge in [0.05, 0.1) is 28.3 Å². The van der Waals surface area contributed by atoms with Gasteiger partial charge in [-0.15, -0.1) is 0 Å². The van der Waals surface area contributed by atoms with Gasteiger partial charge in [0.25, 0.3) is 0 Å². The fraction of sp³-hybridized carbons (Fsp3) is 0.0714. The van der Waals surface area contributed by atoms with Gasteiger partial charge in [0.1, 0.15) is 0 Å². The third-order valence-corrected chi connectivity index (χ3v) is 4.10. The molecule has 0 bridgehead atoms. The summed E-state index contributed by atoms with van der Waals surface area (Å²) in [6.45, 7) is 0. The highest BCUT2D eigenvalue weighted by molar-refractivity contribution is 7.99. The molecule has 0 spiro atoms. The second-order valence-corrected chi connectivity index (χ2v) is 5.24. The number of esters is 1. The highest BCUT2D eigenvalue weighted by Gasteiger charge is 2.16. The standard InChI is InChI=1S/C14H12ClNO2S/c1-18-14(17)10-7-8-11(15)13(12(10)16)19-9-5-3-2-4-6-9/h2-8H,16H2,1H3. The number of rotatable bonds is 3. The van der Waals surface area contributed by atoms with Crippen LogP contribution in [0.25, 0.3) is 0 Å². The quantitative estimate of drug-likeness (QED) is 0.689. The lowest BCUT2D eigenvalue weighted by molar-refractivity contribution is 0.0601. The molecule has 0 aliphatic heterocycles. The molecule has 3 nitrogen and oxygen atoms in total. The number of ether oxygens (including phenoxy) is 1. The van der Waals surface area contributed by atoms with Crippen molar-refractivity contribution in [1.82, 2.24) is 0 Å². The molecule has 0 saturated heterocycles. The van der Waals surface area contributed by atoms with Crippen LogP contribution in [0.5, 0.6) is 0 Å². The summed E-state index contributed by atoms with van der Waals surface area (Å²) in [7, 11) is 1.32. The largest absolute Gasteiger partial charge is 0.465 e. The zero-order valence-electron chi connectivity index (χ0n) is 10.2. The fourth-order valence-corrected chi connectivity index (χ4v) is 2.77. The monoisotopic (exact) mass is 293 g/mol. The van der Waals surface area contributed by atoms with E-state index in [0.717, 1.165) is 4.90 Å². The SMILES string of the molecule is COC(=O)c1ccc(Cl)c(Sc2ccccc2)c1N. The average molecular weight is 294 g/mol. The molecule has 0 aromatic heterocycles. The second kappa shape index (κ2) is 5.99. The lowest BCUT2D eigenvalue weighted by Gasteiger charge is -2.11. The second-order valence-electron chi connectivity index (χ2n) is 3.74. The summed E-state index contributed by atoms with van der Waals surface area (Å²) in [5, 5.41) is 0.513. The van der Waals surface area contributed by atoms with Crippen LogP contribution in [0, 0.1) is 0 Å². The van der Waals surface area contributed by atoms with Gasteiger partial charge >= 0.3 is 5.97 Å². The number of hydrogen-bond donors (Lipinski definition) is 1. The van der Waals surface area contributed by atoms with Crippen LogP contribution in [-0.4, -0.2) is 13.1 Å². The first-order valence-electron chi connectivity index (χ1n) is 5.52. The maximum Gasteiger partial charge on any atom is 0.339 e. The first kappa shape index (κ1) is 13.8. The molecule has 0 saturated carbocycles. The molecule has 2 rings (SSSR count). The van der Waals surface area contributed by atoms with E-state index < -0.39 is 5.97 Å². The molecule has 5 heteroatoms. The van der Waals surface area contributed by atoms with Gasteiger partial charge in [-0.1, -0.05) is 41.6 Å². The van der Waals surface area contributed by atoms with Crippen LogP contribution < -0.4 is 5.73 Å². The Balaban J connectivity index is 2.42. The summed E-state index contributed by atoms with van der Waals surface area (Å²) in [6.07, 6.45) is 0. The Morgan fingerprint density at radius 2 is 1.89 bits per heavy atom. The predicted octanol–water partition coefficient (Wildman–Crippen LogP) is 3.86. The van der Waals surface area contributed by atoms with Crippen molar-refractivity contribution in [2.75, 3.05) is 12.8 Å². The topological polar surface area (TPSA) is 52.3 Å². The zero-order valence-corrected chi connectivity index (χ0v) is 11.8. The smallest absolute Gasteiger partial charge is 0.339 e. The molecule has 2 N–H and O–H groups in total. The number of methoxy groups -OCH3 is 1. The minimum atomic E-state index is -0.468. The van der Waals surface area contributed by atoms with Crippen LogP contribution in [0.3, 0.4) is 0 Å². The van der Waals surface area contributed by atoms with E-state index in [1.807, 2.05) is 30.3 Å². The Labute approximate surface area is 120 Å². The molecule has 2 aromatic rings. The Morgan fingerprint density at radius 3 is 2.53 bits per heavy atom. The minimum Gasteiger partial charge on any atom is -0.465 e. The Hall–Kier alpha value is -1.65. The van der Waals surface area contributed by atoms with E-state index in [1.165, 1.54) is 18.9 Å². The van der Waals surface area contributed by atoms with E-state index in [-0.39, 0.29) is 0 Å². The van der Waals surface area contributed by atoms with Gasteiger partial charge in [-0.05, 0) is 24.3 Å². The number of carbonyl (C=O) groups is 1. The maximum atomic E-state index is 11.6. The average Bonchev–Trinajstić information content (AvgIpc) is 2.44. The summed E-state index contributed by atoms with van der Waals surface area (Å²) in [5.41, 5.74) is 6.67. The van der Waals surface area contributed by atoms with Gasteiger partial charge in [0.2, 0.25) is 0 Å². The fourth-order valence-electron chi connectivity index (χ4n) is 1.57. The Morgan fingerprint density at radius 1 is 1.21 bits per heavy atom.